The number of primary amides is 1. The number of nitrogens with one attached hydrogen (secondary N) is 2. The average molecular weight is 573 g/mol. The fraction of sp³-hybridized carbons (Fsp3) is 0.609. The van der Waals surface area contributed by atoms with E-state index in [1.807, 2.05) is 0 Å². The van der Waals surface area contributed by atoms with E-state index in [1.165, 1.54) is 0 Å². The van der Waals surface area contributed by atoms with Gasteiger partial charge in [-0.15, -0.1) is 0 Å². The first-order valence-electron chi connectivity index (χ1n) is 11.8. The Hall–Kier alpha value is -3.43. The van der Waals surface area contributed by atoms with Crippen LogP contribution in [-0.4, -0.2) is 67.1 Å². The van der Waals surface area contributed by atoms with Crippen LogP contribution in [0.1, 0.15) is 45.4 Å². The Morgan fingerprint density at radius 3 is 2.18 bits per heavy atom. The number of alkyl halides is 6. The topological polar surface area (TPSA) is 171 Å². The third-order valence-electron chi connectivity index (χ3n) is 5.59. The number of carbonyl (C=O) groups is 5. The number of unbranched alkanes of at least 4 members (excludes halogenated alkanes) is 1. The first kappa shape index (κ1) is 33.6. The minimum absolute atomic E-state index is 0.0770. The predicted octanol–water partition coefficient (Wildman–Crippen LogP) is 1.48. The summed E-state index contributed by atoms with van der Waals surface area (Å²) < 4.78 is 84.9. The molecule has 220 valence electrons. The van der Waals surface area contributed by atoms with E-state index in [0.717, 1.165) is 6.92 Å². The average Bonchev–Trinajstić information content (AvgIpc) is 2.82. The minimum atomic E-state index is -5.30. The smallest absolute Gasteiger partial charge is 0.416 e. The summed E-state index contributed by atoms with van der Waals surface area (Å²) in [5, 5.41) is 4.58. The summed E-state index contributed by atoms with van der Waals surface area (Å²) in [6.07, 6.45) is -10.4. The molecule has 3 amide bonds. The Kier molecular flexibility index (Phi) is 12.6. The largest absolute Gasteiger partial charge is 0.454 e. The van der Waals surface area contributed by atoms with E-state index in [-0.39, 0.29) is 32.2 Å². The van der Waals surface area contributed by atoms with Crippen molar-refractivity contribution in [3.05, 3.63) is 23.3 Å². The Balaban J connectivity index is 3.12. The summed E-state index contributed by atoms with van der Waals surface area (Å²) in [6.45, 7) is 0.0472. The standard InChI is InChI=1S/C23H30F6N4O6/c1-12(34)32-16(8-9-18(31)36)20(37)33-15(7-2-3-10-30)17(35)11-39-21(38)19-13(22(24,25)26)5-4-6-14(19)23(27,28)29/h4-5,14-16H,2-3,6-11,30H2,1H3,(H2,31,36)(H,32,34)(H,33,37)/t14?,15-,16?/m0/s1. The second kappa shape index (κ2) is 14.6. The van der Waals surface area contributed by atoms with Gasteiger partial charge in [-0.2, -0.15) is 26.3 Å². The molecule has 0 aromatic rings. The summed E-state index contributed by atoms with van der Waals surface area (Å²) in [4.78, 5) is 60.4. The number of carbonyl (C=O) groups excluding carboxylic acids is 5. The van der Waals surface area contributed by atoms with Gasteiger partial charge in [0.15, 0.2) is 12.4 Å². The maximum atomic E-state index is 13.4. The molecule has 0 aromatic carbocycles. The Bertz CT molecular complexity index is 993. The number of halogens is 6. The lowest BCUT2D eigenvalue weighted by Crippen LogP contribution is -2.52. The number of amides is 3. The molecule has 6 N–H and O–H groups in total. The molecule has 0 aliphatic heterocycles. The van der Waals surface area contributed by atoms with E-state index >= 15 is 0 Å². The number of hydrogen-bond acceptors (Lipinski definition) is 7. The zero-order valence-corrected chi connectivity index (χ0v) is 20.9. The molecule has 0 aromatic heterocycles. The number of allylic oxidation sites excluding steroid dienone is 3. The zero-order chi connectivity index (χ0) is 30.0. The van der Waals surface area contributed by atoms with Crippen LogP contribution in [0.25, 0.3) is 0 Å². The summed E-state index contributed by atoms with van der Waals surface area (Å²) >= 11 is 0. The van der Waals surface area contributed by atoms with Gasteiger partial charge in [-0.05, 0) is 38.6 Å². The quantitative estimate of drug-likeness (QED) is 0.139. The highest BCUT2D eigenvalue weighted by molar-refractivity contribution is 5.96. The molecule has 0 radical (unpaired) electrons. The van der Waals surface area contributed by atoms with Crippen molar-refractivity contribution in [2.45, 2.75) is 69.9 Å². The number of hydrogen-bond donors (Lipinski definition) is 4. The lowest BCUT2D eigenvalue weighted by atomic mass is 9.86. The lowest BCUT2D eigenvalue weighted by molar-refractivity contribution is -0.172. The molecule has 0 saturated carbocycles. The van der Waals surface area contributed by atoms with E-state index in [4.69, 9.17) is 11.5 Å². The SMILES string of the molecule is CC(=O)NC(CCC(N)=O)C(=O)N[C@@H](CCCCN)C(=O)COC(=O)C1=C(C(F)(F)F)C=CCC1C(F)(F)F. The second-order valence-corrected chi connectivity index (χ2v) is 8.70. The Morgan fingerprint density at radius 2 is 1.67 bits per heavy atom. The fourth-order valence-corrected chi connectivity index (χ4v) is 3.71. The molecule has 16 heteroatoms. The van der Waals surface area contributed by atoms with Crippen LogP contribution in [0.3, 0.4) is 0 Å². The molecule has 0 saturated heterocycles. The number of esters is 1. The third kappa shape index (κ3) is 11.1. The van der Waals surface area contributed by atoms with Gasteiger partial charge < -0.3 is 26.8 Å². The number of Topliss-reactive ketones (excluding diaryl/α,β-unsaturated/α-hetero) is 1. The maximum absolute atomic E-state index is 13.4. The second-order valence-electron chi connectivity index (χ2n) is 8.70. The van der Waals surface area contributed by atoms with Crippen molar-refractivity contribution in [2.75, 3.05) is 13.2 Å². The van der Waals surface area contributed by atoms with Gasteiger partial charge in [-0.1, -0.05) is 12.2 Å². The van der Waals surface area contributed by atoms with Crippen molar-refractivity contribution in [3.63, 3.8) is 0 Å². The molecule has 1 aliphatic rings. The molecule has 1 aliphatic carbocycles. The number of ketones is 1. The number of ether oxygens (including phenoxy) is 1. The third-order valence-corrected chi connectivity index (χ3v) is 5.59. The van der Waals surface area contributed by atoms with Crippen LogP contribution in [-0.2, 0) is 28.7 Å². The lowest BCUT2D eigenvalue weighted by Gasteiger charge is -2.27. The van der Waals surface area contributed by atoms with Gasteiger partial charge in [0.1, 0.15) is 6.04 Å². The van der Waals surface area contributed by atoms with Crippen molar-refractivity contribution in [1.29, 1.82) is 0 Å². The van der Waals surface area contributed by atoms with Crippen molar-refractivity contribution in [2.24, 2.45) is 17.4 Å². The van der Waals surface area contributed by atoms with Gasteiger partial charge in [0.25, 0.3) is 0 Å². The molecule has 3 atom stereocenters. The Morgan fingerprint density at radius 1 is 1.03 bits per heavy atom. The molecule has 1 rings (SSSR count). The number of rotatable bonds is 14. The fourth-order valence-electron chi connectivity index (χ4n) is 3.71. The van der Waals surface area contributed by atoms with Crippen LogP contribution in [0, 0.1) is 5.92 Å². The number of nitrogens with two attached hydrogens (primary N) is 2. The van der Waals surface area contributed by atoms with Crippen LogP contribution >= 0.6 is 0 Å². The highest BCUT2D eigenvalue weighted by Crippen LogP contribution is 2.43. The predicted molar refractivity (Wildman–Crippen MR) is 123 cm³/mol. The molecule has 0 heterocycles. The monoisotopic (exact) mass is 572 g/mol. The molecule has 2 unspecified atom stereocenters. The molecular weight excluding hydrogens is 542 g/mol. The van der Waals surface area contributed by atoms with Crippen LogP contribution in [0.15, 0.2) is 23.3 Å². The zero-order valence-electron chi connectivity index (χ0n) is 20.9. The van der Waals surface area contributed by atoms with Crippen LogP contribution in [0.4, 0.5) is 26.3 Å². The normalized spacial score (nSPS) is 17.3. The first-order chi connectivity index (χ1) is 18.0. The van der Waals surface area contributed by atoms with Crippen LogP contribution in [0.5, 0.6) is 0 Å². The molecule has 0 fully saturated rings. The van der Waals surface area contributed by atoms with Crippen molar-refractivity contribution < 1.29 is 55.1 Å². The summed E-state index contributed by atoms with van der Waals surface area (Å²) in [5.41, 5.74) is 6.96. The van der Waals surface area contributed by atoms with Crippen LogP contribution < -0.4 is 22.1 Å². The van der Waals surface area contributed by atoms with E-state index in [2.05, 4.69) is 15.4 Å². The van der Waals surface area contributed by atoms with Gasteiger partial charge in [0, 0.05) is 13.3 Å². The molecule has 0 spiro atoms. The summed E-state index contributed by atoms with van der Waals surface area (Å²) in [5.74, 6) is -8.15. The highest BCUT2D eigenvalue weighted by atomic mass is 19.4. The van der Waals surface area contributed by atoms with Crippen molar-refractivity contribution in [1.82, 2.24) is 10.6 Å². The van der Waals surface area contributed by atoms with Gasteiger partial charge in [-0.3, -0.25) is 19.2 Å². The van der Waals surface area contributed by atoms with Gasteiger partial charge in [-0.25, -0.2) is 4.79 Å². The summed E-state index contributed by atoms with van der Waals surface area (Å²) in [6, 6.07) is -2.69. The maximum Gasteiger partial charge on any atom is 0.416 e. The van der Waals surface area contributed by atoms with Crippen LogP contribution in [0.2, 0.25) is 0 Å². The Labute approximate surface area is 219 Å². The molecular formula is C23H30F6N4O6. The highest BCUT2D eigenvalue weighted by Gasteiger charge is 2.50. The van der Waals surface area contributed by atoms with Gasteiger partial charge in [0.05, 0.1) is 23.1 Å². The van der Waals surface area contributed by atoms with Crippen molar-refractivity contribution >= 4 is 29.5 Å². The molecule has 10 nitrogen and oxygen atoms in total. The molecule has 39 heavy (non-hydrogen) atoms. The minimum Gasteiger partial charge on any atom is -0.454 e. The molecule has 0 bridgehead atoms. The van der Waals surface area contributed by atoms with Gasteiger partial charge >= 0.3 is 18.3 Å². The van der Waals surface area contributed by atoms with E-state index in [0.29, 0.717) is 18.6 Å². The van der Waals surface area contributed by atoms with Gasteiger partial charge in [0.2, 0.25) is 17.7 Å². The van der Waals surface area contributed by atoms with Crippen molar-refractivity contribution in [3.8, 4) is 0 Å². The van der Waals surface area contributed by atoms with E-state index in [9.17, 15) is 50.3 Å². The first-order valence-corrected chi connectivity index (χ1v) is 11.8. The van der Waals surface area contributed by atoms with E-state index in [1.54, 1.807) is 0 Å². The summed E-state index contributed by atoms with van der Waals surface area (Å²) in [7, 11) is 0. The van der Waals surface area contributed by atoms with E-state index < -0.39 is 84.0 Å².